The summed E-state index contributed by atoms with van der Waals surface area (Å²) in [5.74, 6) is 0.986. The second-order valence-electron chi connectivity index (χ2n) is 6.61. The first kappa shape index (κ1) is 21.5. The monoisotopic (exact) mass is 390 g/mol. The summed E-state index contributed by atoms with van der Waals surface area (Å²) in [6, 6.07) is 3.35. The van der Waals surface area contributed by atoms with Crippen LogP contribution in [0.5, 0.6) is 17.2 Å². The molecule has 0 amide bonds. The number of rotatable bonds is 9. The molecule has 2 rings (SSSR count). The van der Waals surface area contributed by atoms with Gasteiger partial charge in [-0.05, 0) is 47.5 Å². The van der Waals surface area contributed by atoms with Crippen molar-refractivity contribution in [2.24, 2.45) is 16.1 Å². The summed E-state index contributed by atoms with van der Waals surface area (Å²) in [5, 5.41) is 17.7. The molecule has 152 valence electrons. The molecule has 0 bridgehead atoms. The zero-order chi connectivity index (χ0) is 20.2. The van der Waals surface area contributed by atoms with Crippen LogP contribution in [0.25, 0.3) is 20.9 Å². The second-order valence-corrected chi connectivity index (χ2v) is 6.61. The van der Waals surface area contributed by atoms with Gasteiger partial charge in [0.15, 0.2) is 25.0 Å². The minimum absolute atomic E-state index is 0.142. The number of hydrogen-bond donors (Lipinski definition) is 1. The van der Waals surface area contributed by atoms with Crippen molar-refractivity contribution < 1.29 is 19.3 Å². The molecule has 10 heteroatoms. The summed E-state index contributed by atoms with van der Waals surface area (Å²) in [6.45, 7) is -0.461. The highest BCUT2D eigenvalue weighted by Crippen LogP contribution is 2.43. The molecule has 10 nitrogen and oxygen atoms in total. The Labute approximate surface area is 163 Å². The number of ether oxygens (including phenoxy) is 3. The van der Waals surface area contributed by atoms with Gasteiger partial charge in [-0.3, -0.25) is 0 Å². The quantitative estimate of drug-likeness (QED) is 0.342. The van der Waals surface area contributed by atoms with E-state index in [1.54, 1.807) is 12.1 Å². The zero-order valence-corrected chi connectivity index (χ0v) is 16.0. The fourth-order valence-electron chi connectivity index (χ4n) is 3.51. The third kappa shape index (κ3) is 6.13. The van der Waals surface area contributed by atoms with Crippen LogP contribution in [0.1, 0.15) is 56.6 Å². The van der Waals surface area contributed by atoms with Crippen LogP contribution >= 0.6 is 0 Å². The number of methoxy groups -OCH3 is 1. The van der Waals surface area contributed by atoms with Gasteiger partial charge in [0.25, 0.3) is 0 Å². The lowest BCUT2D eigenvalue weighted by molar-refractivity contribution is 0.0905. The molecule has 1 aliphatic carbocycles. The standard InChI is InChI=1S/C18H26N6O4/c1-26-18-15(27-11-21-23-19)9-14(10-16(18)28-12-22-24-20)17(25)13-7-5-3-2-4-6-8-13/h9-10,13,17,25H,2-8,11-12H2,1H3. The lowest BCUT2D eigenvalue weighted by Gasteiger charge is -2.26. The van der Waals surface area contributed by atoms with Crippen LogP contribution in [-0.2, 0) is 0 Å². The Morgan fingerprint density at radius 3 is 1.96 bits per heavy atom. The first-order valence-electron chi connectivity index (χ1n) is 9.38. The van der Waals surface area contributed by atoms with Gasteiger partial charge in [0.1, 0.15) is 0 Å². The molecule has 1 aromatic rings. The maximum atomic E-state index is 11.0. The Morgan fingerprint density at radius 2 is 1.50 bits per heavy atom. The number of azide groups is 2. The van der Waals surface area contributed by atoms with Crippen LogP contribution in [0.2, 0.25) is 0 Å². The number of hydrogen-bond acceptors (Lipinski definition) is 6. The highest BCUT2D eigenvalue weighted by atomic mass is 16.5. The Hall–Kier alpha value is -2.80. The van der Waals surface area contributed by atoms with E-state index in [2.05, 4.69) is 20.1 Å². The van der Waals surface area contributed by atoms with Crippen LogP contribution in [0.15, 0.2) is 22.4 Å². The van der Waals surface area contributed by atoms with Gasteiger partial charge in [-0.2, -0.15) is 0 Å². The van der Waals surface area contributed by atoms with Crippen LogP contribution < -0.4 is 14.2 Å². The van der Waals surface area contributed by atoms with Gasteiger partial charge >= 0.3 is 0 Å². The first-order valence-corrected chi connectivity index (χ1v) is 9.38. The molecule has 0 aliphatic heterocycles. The van der Waals surface area contributed by atoms with E-state index >= 15 is 0 Å². The number of benzene rings is 1. The maximum Gasteiger partial charge on any atom is 0.203 e. The predicted molar refractivity (Wildman–Crippen MR) is 103 cm³/mol. The largest absolute Gasteiger partial charge is 0.490 e. The van der Waals surface area contributed by atoms with E-state index in [0.717, 1.165) is 25.7 Å². The second kappa shape index (κ2) is 11.8. The Bertz CT molecular complexity index is 680. The van der Waals surface area contributed by atoms with Crippen LogP contribution in [0.3, 0.4) is 0 Å². The van der Waals surface area contributed by atoms with Crippen LogP contribution in [-0.4, -0.2) is 25.7 Å². The molecule has 0 aromatic heterocycles. The first-order chi connectivity index (χ1) is 13.7. The molecule has 0 saturated heterocycles. The Kier molecular flexibility index (Phi) is 9.07. The minimum Gasteiger partial charge on any atom is -0.490 e. The van der Waals surface area contributed by atoms with Gasteiger partial charge < -0.3 is 19.3 Å². The summed E-state index contributed by atoms with van der Waals surface area (Å²) in [5.41, 5.74) is 17.6. The summed E-state index contributed by atoms with van der Waals surface area (Å²) >= 11 is 0. The van der Waals surface area contributed by atoms with Crippen molar-refractivity contribution in [3.63, 3.8) is 0 Å². The zero-order valence-electron chi connectivity index (χ0n) is 16.0. The Balaban J connectivity index is 2.33. The fraction of sp³-hybridized carbons (Fsp3) is 0.667. The molecule has 1 unspecified atom stereocenters. The van der Waals surface area contributed by atoms with E-state index in [9.17, 15) is 5.11 Å². The van der Waals surface area contributed by atoms with Gasteiger partial charge in [0.05, 0.1) is 13.2 Å². The fourth-order valence-corrected chi connectivity index (χ4v) is 3.51. The number of nitrogens with zero attached hydrogens (tertiary/aromatic N) is 6. The van der Waals surface area contributed by atoms with Gasteiger partial charge in [-0.1, -0.05) is 42.3 Å². The van der Waals surface area contributed by atoms with Crippen molar-refractivity contribution in [1.82, 2.24) is 0 Å². The smallest absolute Gasteiger partial charge is 0.203 e. The number of aliphatic hydroxyl groups is 1. The lowest BCUT2D eigenvalue weighted by atomic mass is 9.84. The molecule has 1 N–H and O–H groups in total. The SMILES string of the molecule is COc1c(OCN=[N+]=[N-])cc(C(O)C2CCCCCCC2)cc1OCN=[N+]=[N-]. The van der Waals surface area contributed by atoms with E-state index in [0.29, 0.717) is 5.56 Å². The van der Waals surface area contributed by atoms with E-state index in [1.807, 2.05) is 0 Å². The summed E-state index contributed by atoms with van der Waals surface area (Å²) in [7, 11) is 1.45. The molecule has 1 aromatic carbocycles. The molecule has 0 heterocycles. The molecular weight excluding hydrogens is 364 g/mol. The third-order valence-corrected chi connectivity index (χ3v) is 4.87. The van der Waals surface area contributed by atoms with E-state index < -0.39 is 6.10 Å². The molecule has 1 saturated carbocycles. The highest BCUT2D eigenvalue weighted by molar-refractivity contribution is 5.54. The van der Waals surface area contributed by atoms with Crippen molar-refractivity contribution >= 4 is 0 Å². The predicted octanol–water partition coefficient (Wildman–Crippen LogP) is 5.38. The molecule has 1 atom stereocenters. The van der Waals surface area contributed by atoms with Gasteiger partial charge in [0, 0.05) is 9.82 Å². The van der Waals surface area contributed by atoms with Crippen LogP contribution in [0.4, 0.5) is 0 Å². The molecule has 28 heavy (non-hydrogen) atoms. The molecule has 1 fully saturated rings. The van der Waals surface area contributed by atoms with E-state index in [1.165, 1.54) is 26.4 Å². The van der Waals surface area contributed by atoms with Crippen molar-refractivity contribution in [3.05, 3.63) is 38.6 Å². The third-order valence-electron chi connectivity index (χ3n) is 4.87. The number of aliphatic hydroxyl groups excluding tert-OH is 1. The van der Waals surface area contributed by atoms with Gasteiger partial charge in [0.2, 0.25) is 5.75 Å². The minimum atomic E-state index is -0.687. The van der Waals surface area contributed by atoms with Crippen molar-refractivity contribution in [3.8, 4) is 17.2 Å². The van der Waals surface area contributed by atoms with Crippen LogP contribution in [0, 0.1) is 5.92 Å². The van der Waals surface area contributed by atoms with Crippen molar-refractivity contribution in [1.29, 1.82) is 0 Å². The average Bonchev–Trinajstić information content (AvgIpc) is 2.67. The summed E-state index contributed by atoms with van der Waals surface area (Å²) in [4.78, 5) is 5.33. The summed E-state index contributed by atoms with van der Waals surface area (Å²) < 4.78 is 16.4. The molecule has 0 radical (unpaired) electrons. The molecule has 0 spiro atoms. The van der Waals surface area contributed by atoms with Crippen molar-refractivity contribution in [2.75, 3.05) is 20.6 Å². The summed E-state index contributed by atoms with van der Waals surface area (Å²) in [6.07, 6.45) is 7.04. The lowest BCUT2D eigenvalue weighted by Crippen LogP contribution is -2.15. The van der Waals surface area contributed by atoms with Gasteiger partial charge in [-0.25, -0.2) is 0 Å². The van der Waals surface area contributed by atoms with E-state index in [-0.39, 0.29) is 36.6 Å². The topological polar surface area (TPSA) is 145 Å². The van der Waals surface area contributed by atoms with Gasteiger partial charge in [-0.15, -0.1) is 0 Å². The Morgan fingerprint density at radius 1 is 1.00 bits per heavy atom. The van der Waals surface area contributed by atoms with E-state index in [4.69, 9.17) is 25.3 Å². The highest BCUT2D eigenvalue weighted by Gasteiger charge is 2.25. The maximum absolute atomic E-state index is 11.0. The molecular formula is C18H26N6O4. The molecule has 1 aliphatic rings. The van der Waals surface area contributed by atoms with Crippen molar-refractivity contribution in [2.45, 2.75) is 51.0 Å². The average molecular weight is 390 g/mol. The normalized spacial score (nSPS) is 15.9.